The summed E-state index contributed by atoms with van der Waals surface area (Å²) in [5.41, 5.74) is 13.2. The number of amides is 4. The van der Waals surface area contributed by atoms with Crippen molar-refractivity contribution in [2.24, 2.45) is 11.5 Å². The van der Waals surface area contributed by atoms with Crippen molar-refractivity contribution < 1.29 is 19.2 Å². The van der Waals surface area contributed by atoms with Gasteiger partial charge in [0.25, 0.3) is 0 Å². The quantitative estimate of drug-likeness (QED) is 0.112. The third-order valence-corrected chi connectivity index (χ3v) is 5.67. The van der Waals surface area contributed by atoms with Crippen LogP contribution in [0.5, 0.6) is 0 Å². The van der Waals surface area contributed by atoms with Crippen LogP contribution in [0.15, 0.2) is 48.5 Å². The number of nitrogens with one attached hydrogen (secondary N) is 4. The molecule has 0 saturated carbocycles. The lowest BCUT2D eigenvalue weighted by molar-refractivity contribution is 0.100. The summed E-state index contributed by atoms with van der Waals surface area (Å²) in [5.74, 6) is -0.946. The average molecular weight is 523 g/mol. The van der Waals surface area contributed by atoms with Crippen LogP contribution in [0.25, 0.3) is 0 Å². The number of benzene rings is 2. The van der Waals surface area contributed by atoms with Gasteiger partial charge in [-0.2, -0.15) is 0 Å². The summed E-state index contributed by atoms with van der Waals surface area (Å²) in [6, 6.07) is 11.7. The molecule has 0 radical (unpaired) electrons. The number of Topliss-reactive ketones (excluding diaryl/α,β-unsaturated/α-hetero) is 2. The lowest BCUT2D eigenvalue weighted by Crippen LogP contribution is -2.44. The van der Waals surface area contributed by atoms with Crippen LogP contribution >= 0.6 is 0 Å². The molecule has 0 aliphatic carbocycles. The topological polar surface area (TPSA) is 199 Å². The Labute approximate surface area is 221 Å². The predicted molar refractivity (Wildman–Crippen MR) is 147 cm³/mol. The molecule has 0 aromatic heterocycles. The van der Waals surface area contributed by atoms with E-state index in [0.29, 0.717) is 48.2 Å². The fourth-order valence-electron chi connectivity index (χ4n) is 3.51. The van der Waals surface area contributed by atoms with Crippen LogP contribution in [0.2, 0.25) is 0 Å². The maximum atomic E-state index is 12.6. The van der Waals surface area contributed by atoms with Crippen LogP contribution < -0.4 is 22.1 Å². The minimum absolute atomic E-state index is 0.0827. The Balaban J connectivity index is 1.78. The number of anilines is 2. The zero-order valence-corrected chi connectivity index (χ0v) is 21.5. The lowest BCUT2D eigenvalue weighted by Gasteiger charge is -2.22. The van der Waals surface area contributed by atoms with Crippen molar-refractivity contribution in [1.29, 1.82) is 10.8 Å². The summed E-state index contributed by atoms with van der Waals surface area (Å²) < 4.78 is 0. The van der Waals surface area contributed by atoms with Crippen LogP contribution in [0.4, 0.5) is 21.0 Å². The molecule has 0 aliphatic rings. The van der Waals surface area contributed by atoms with Crippen molar-refractivity contribution in [2.75, 3.05) is 23.7 Å². The minimum Gasteiger partial charge on any atom is -0.370 e. The maximum Gasteiger partial charge on any atom is 0.328 e. The van der Waals surface area contributed by atoms with E-state index in [1.165, 1.54) is 13.8 Å². The third kappa shape index (κ3) is 9.04. The average Bonchev–Trinajstić information content (AvgIpc) is 2.85. The summed E-state index contributed by atoms with van der Waals surface area (Å²) in [6.07, 6.45) is 2.49. The number of rotatable bonds is 11. The molecule has 8 N–H and O–H groups in total. The van der Waals surface area contributed by atoms with Gasteiger partial charge >= 0.3 is 12.1 Å². The number of nitrogens with two attached hydrogens (primary N) is 2. The molecular weight excluding hydrogens is 488 g/mol. The summed E-state index contributed by atoms with van der Waals surface area (Å²) in [6.45, 7) is 3.35. The molecule has 0 saturated heterocycles. The largest absolute Gasteiger partial charge is 0.370 e. The molecule has 2 rings (SSSR count). The fourth-order valence-corrected chi connectivity index (χ4v) is 3.51. The first kappa shape index (κ1) is 29.5. The zero-order valence-electron chi connectivity index (χ0n) is 21.5. The smallest absolute Gasteiger partial charge is 0.328 e. The Hall–Kier alpha value is -4.74. The highest BCUT2D eigenvalue weighted by molar-refractivity contribution is 6.02. The molecule has 0 aliphatic heterocycles. The molecule has 0 heterocycles. The monoisotopic (exact) mass is 522 g/mol. The van der Waals surface area contributed by atoms with E-state index in [1.54, 1.807) is 48.5 Å². The van der Waals surface area contributed by atoms with Crippen LogP contribution in [-0.2, 0) is 0 Å². The van der Waals surface area contributed by atoms with E-state index in [2.05, 4.69) is 10.6 Å². The number of carbonyl (C=O) groups is 4. The minimum atomic E-state index is -0.552. The number of hydrogen-bond donors (Lipinski definition) is 6. The first-order chi connectivity index (χ1) is 18.0. The van der Waals surface area contributed by atoms with Crippen molar-refractivity contribution in [3.63, 3.8) is 0 Å². The van der Waals surface area contributed by atoms with E-state index in [0.717, 1.165) is 9.80 Å². The Kier molecular flexibility index (Phi) is 11.0. The second-order valence-corrected chi connectivity index (χ2v) is 8.62. The van der Waals surface area contributed by atoms with Gasteiger partial charge in [0.05, 0.1) is 0 Å². The van der Waals surface area contributed by atoms with E-state index < -0.39 is 24.0 Å². The Morgan fingerprint density at radius 2 is 0.947 bits per heavy atom. The molecule has 38 heavy (non-hydrogen) atoms. The van der Waals surface area contributed by atoms with E-state index in [-0.39, 0.29) is 24.7 Å². The standard InChI is InChI=1S/C26H34N8O4/c1-17(35)19-7-11-21(12-8-19)31-25(37)33(23(27)28)15-5-3-4-6-16-34(24(29)30)26(38)32-22-13-9-20(10-14-22)18(2)36/h7-14H,3-6,15-16H2,1-2H3,(H3,27,28)(H3,29,30)(H,31,37)(H,32,38). The molecule has 202 valence electrons. The number of nitrogens with zero attached hydrogens (tertiary/aromatic N) is 2. The number of guanidine groups is 2. The SMILES string of the molecule is CC(=O)c1ccc(NC(=O)N(CCCCCCN(C(=N)N)C(=O)Nc2ccc(C(C)=O)cc2)C(=N)N)cc1. The van der Waals surface area contributed by atoms with Crippen LogP contribution in [0.1, 0.15) is 60.2 Å². The molecule has 12 nitrogen and oxygen atoms in total. The van der Waals surface area contributed by atoms with Crippen LogP contribution in [-0.4, -0.2) is 58.4 Å². The van der Waals surface area contributed by atoms with Gasteiger partial charge in [-0.05, 0) is 75.2 Å². The number of unbranched alkanes of at least 4 members (excludes halogenated alkanes) is 3. The zero-order chi connectivity index (χ0) is 28.2. The number of hydrogen-bond acceptors (Lipinski definition) is 6. The molecule has 0 unspecified atom stereocenters. The van der Waals surface area contributed by atoms with Gasteiger partial charge in [0.15, 0.2) is 23.5 Å². The van der Waals surface area contributed by atoms with Crippen molar-refractivity contribution in [3.05, 3.63) is 59.7 Å². The highest BCUT2D eigenvalue weighted by Crippen LogP contribution is 2.13. The summed E-state index contributed by atoms with van der Waals surface area (Å²) in [5, 5.41) is 20.8. The molecule has 0 atom stereocenters. The van der Waals surface area contributed by atoms with Crippen LogP contribution in [0, 0.1) is 10.8 Å². The number of ketones is 2. The summed E-state index contributed by atoms with van der Waals surface area (Å²) in [4.78, 5) is 50.1. The van der Waals surface area contributed by atoms with Gasteiger partial charge in [-0.1, -0.05) is 12.8 Å². The number of urea groups is 2. The van der Waals surface area contributed by atoms with Gasteiger partial charge < -0.3 is 22.1 Å². The van der Waals surface area contributed by atoms with E-state index in [4.69, 9.17) is 22.3 Å². The Morgan fingerprint density at radius 1 is 0.632 bits per heavy atom. The molecule has 2 aromatic rings. The molecule has 0 fully saturated rings. The molecule has 4 amide bonds. The molecule has 2 aromatic carbocycles. The van der Waals surface area contributed by atoms with Gasteiger partial charge in [0.1, 0.15) is 0 Å². The second kappa shape index (κ2) is 14.1. The van der Waals surface area contributed by atoms with Crippen molar-refractivity contribution in [2.45, 2.75) is 39.5 Å². The lowest BCUT2D eigenvalue weighted by atomic mass is 10.1. The maximum absolute atomic E-state index is 12.6. The second-order valence-electron chi connectivity index (χ2n) is 8.62. The molecule has 12 heteroatoms. The normalized spacial score (nSPS) is 10.3. The van der Waals surface area contributed by atoms with Crippen molar-refractivity contribution in [1.82, 2.24) is 9.80 Å². The Morgan fingerprint density at radius 3 is 1.21 bits per heavy atom. The molecular formula is C26H34N8O4. The van der Waals surface area contributed by atoms with E-state index in [1.807, 2.05) is 0 Å². The van der Waals surface area contributed by atoms with Gasteiger partial charge in [0, 0.05) is 35.6 Å². The highest BCUT2D eigenvalue weighted by atomic mass is 16.2. The number of carbonyl (C=O) groups excluding carboxylic acids is 4. The van der Waals surface area contributed by atoms with E-state index >= 15 is 0 Å². The molecule has 0 bridgehead atoms. The van der Waals surface area contributed by atoms with Crippen molar-refractivity contribution in [3.8, 4) is 0 Å². The first-order valence-corrected chi connectivity index (χ1v) is 12.1. The fraction of sp³-hybridized carbons (Fsp3) is 0.308. The van der Waals surface area contributed by atoms with Gasteiger partial charge in [0.2, 0.25) is 0 Å². The Bertz CT molecular complexity index is 1090. The van der Waals surface area contributed by atoms with E-state index in [9.17, 15) is 19.2 Å². The van der Waals surface area contributed by atoms with Crippen molar-refractivity contribution >= 4 is 46.9 Å². The first-order valence-electron chi connectivity index (χ1n) is 12.1. The third-order valence-electron chi connectivity index (χ3n) is 5.67. The predicted octanol–water partition coefficient (Wildman–Crippen LogP) is 3.81. The molecule has 0 spiro atoms. The highest BCUT2D eigenvalue weighted by Gasteiger charge is 2.18. The van der Waals surface area contributed by atoms with Gasteiger partial charge in [-0.15, -0.1) is 0 Å². The summed E-state index contributed by atoms with van der Waals surface area (Å²) in [7, 11) is 0. The van der Waals surface area contributed by atoms with Gasteiger partial charge in [-0.3, -0.25) is 30.2 Å². The van der Waals surface area contributed by atoms with Gasteiger partial charge in [-0.25, -0.2) is 9.59 Å². The summed E-state index contributed by atoms with van der Waals surface area (Å²) >= 11 is 0. The van der Waals surface area contributed by atoms with Crippen LogP contribution in [0.3, 0.4) is 0 Å².